The van der Waals surface area contributed by atoms with E-state index in [1.807, 2.05) is 30.3 Å². The van der Waals surface area contributed by atoms with Crippen molar-refractivity contribution in [3.63, 3.8) is 0 Å². The van der Waals surface area contributed by atoms with Crippen LogP contribution < -0.4 is 5.73 Å². The molecule has 0 radical (unpaired) electrons. The lowest BCUT2D eigenvalue weighted by Crippen LogP contribution is -2.46. The second-order valence-electron chi connectivity index (χ2n) is 5.16. The number of benzene rings is 1. The molecule has 2 amide bonds. The molecule has 5 nitrogen and oxygen atoms in total. The Balaban J connectivity index is 1.62. The summed E-state index contributed by atoms with van der Waals surface area (Å²) in [7, 11) is 0. The molecular formula is C14H16N2O3. The number of carbonyl (C=O) groups excluding carboxylic acids is 2. The molecule has 1 saturated heterocycles. The zero-order chi connectivity index (χ0) is 13.4. The Hall–Kier alpha value is -2.04. The molecule has 5 heteroatoms. The number of ether oxygens (including phenoxy) is 1. The maximum absolute atomic E-state index is 12.1. The van der Waals surface area contributed by atoms with E-state index >= 15 is 0 Å². The highest BCUT2D eigenvalue weighted by Crippen LogP contribution is 2.47. The summed E-state index contributed by atoms with van der Waals surface area (Å²) < 4.78 is 5.27. The van der Waals surface area contributed by atoms with E-state index in [0.717, 1.165) is 12.0 Å². The van der Waals surface area contributed by atoms with Crippen molar-refractivity contribution >= 4 is 12.0 Å². The molecule has 0 spiro atoms. The molecule has 0 bridgehead atoms. The maximum Gasteiger partial charge on any atom is 0.411 e. The number of amides is 2. The summed E-state index contributed by atoms with van der Waals surface area (Å²) in [5.74, 6) is -0.00867. The van der Waals surface area contributed by atoms with Gasteiger partial charge in [-0.25, -0.2) is 4.79 Å². The summed E-state index contributed by atoms with van der Waals surface area (Å²) in [6, 6.07) is 9.13. The van der Waals surface area contributed by atoms with Crippen molar-refractivity contribution in [1.82, 2.24) is 4.90 Å². The van der Waals surface area contributed by atoms with E-state index in [9.17, 15) is 9.59 Å². The van der Waals surface area contributed by atoms with Crippen LogP contribution in [0.15, 0.2) is 30.3 Å². The van der Waals surface area contributed by atoms with E-state index in [2.05, 4.69) is 0 Å². The number of primary amides is 1. The van der Waals surface area contributed by atoms with Gasteiger partial charge in [-0.1, -0.05) is 30.3 Å². The summed E-state index contributed by atoms with van der Waals surface area (Å²) >= 11 is 0. The van der Waals surface area contributed by atoms with Crippen LogP contribution in [-0.4, -0.2) is 29.0 Å². The van der Waals surface area contributed by atoms with Crippen LogP contribution in [0.2, 0.25) is 0 Å². The Bertz CT molecular complexity index is 503. The Labute approximate surface area is 111 Å². The van der Waals surface area contributed by atoms with Gasteiger partial charge in [-0.15, -0.1) is 0 Å². The Morgan fingerprint density at radius 1 is 1.26 bits per heavy atom. The van der Waals surface area contributed by atoms with E-state index in [1.165, 1.54) is 4.90 Å². The quantitative estimate of drug-likeness (QED) is 0.889. The first-order valence-electron chi connectivity index (χ1n) is 6.45. The molecule has 19 heavy (non-hydrogen) atoms. The van der Waals surface area contributed by atoms with Crippen molar-refractivity contribution in [1.29, 1.82) is 0 Å². The van der Waals surface area contributed by atoms with Crippen molar-refractivity contribution in [2.45, 2.75) is 31.5 Å². The van der Waals surface area contributed by atoms with Crippen molar-refractivity contribution in [3.05, 3.63) is 35.9 Å². The third-order valence-electron chi connectivity index (χ3n) is 3.85. The lowest BCUT2D eigenvalue weighted by molar-refractivity contribution is -0.122. The normalized spacial score (nSPS) is 27.8. The van der Waals surface area contributed by atoms with Gasteiger partial charge in [-0.3, -0.25) is 9.69 Å². The van der Waals surface area contributed by atoms with Gasteiger partial charge < -0.3 is 10.5 Å². The summed E-state index contributed by atoms with van der Waals surface area (Å²) in [6.45, 7) is 0.221. The topological polar surface area (TPSA) is 72.6 Å². The first kappa shape index (κ1) is 12.0. The average Bonchev–Trinajstić information content (AvgIpc) is 3.07. The van der Waals surface area contributed by atoms with Crippen molar-refractivity contribution < 1.29 is 14.3 Å². The van der Waals surface area contributed by atoms with Gasteiger partial charge in [0.1, 0.15) is 12.6 Å². The number of fused-ring (bicyclic) bond motifs is 1. The number of likely N-dealkylation sites (tertiary alicyclic amines) is 1. The van der Waals surface area contributed by atoms with Gasteiger partial charge in [0, 0.05) is 6.04 Å². The molecule has 1 aliphatic carbocycles. The van der Waals surface area contributed by atoms with Gasteiger partial charge in [-0.05, 0) is 24.3 Å². The molecular weight excluding hydrogens is 244 g/mol. The van der Waals surface area contributed by atoms with Crippen molar-refractivity contribution in [3.8, 4) is 0 Å². The molecule has 0 aromatic heterocycles. The Kier molecular flexibility index (Phi) is 2.89. The zero-order valence-electron chi connectivity index (χ0n) is 10.5. The average molecular weight is 260 g/mol. The number of nitrogens with zero attached hydrogens (tertiary/aromatic N) is 1. The van der Waals surface area contributed by atoms with E-state index in [0.29, 0.717) is 12.3 Å². The molecule has 1 heterocycles. The Morgan fingerprint density at radius 3 is 2.68 bits per heavy atom. The van der Waals surface area contributed by atoms with Crippen molar-refractivity contribution in [2.75, 3.05) is 0 Å². The molecule has 1 saturated carbocycles. The van der Waals surface area contributed by atoms with Crippen LogP contribution in [0.3, 0.4) is 0 Å². The molecule has 2 aliphatic rings. The summed E-state index contributed by atoms with van der Waals surface area (Å²) in [4.78, 5) is 24.9. The number of hydrogen-bond acceptors (Lipinski definition) is 3. The second-order valence-corrected chi connectivity index (χ2v) is 5.16. The largest absolute Gasteiger partial charge is 0.445 e. The molecule has 3 atom stereocenters. The number of nitrogens with two attached hydrogens (primary N) is 1. The van der Waals surface area contributed by atoms with Gasteiger partial charge in [-0.2, -0.15) is 0 Å². The van der Waals surface area contributed by atoms with E-state index in [-0.39, 0.29) is 12.6 Å². The lowest BCUT2D eigenvalue weighted by Gasteiger charge is -2.24. The SMILES string of the molecule is NC(=O)[C@H]1C[C@@H]2C[C@@H]2N1C(=O)OCc1ccccc1. The van der Waals surface area contributed by atoms with Gasteiger partial charge in [0.2, 0.25) is 5.91 Å². The number of carbonyl (C=O) groups is 2. The summed E-state index contributed by atoms with van der Waals surface area (Å²) in [6.07, 6.45) is 1.21. The maximum atomic E-state index is 12.1. The predicted molar refractivity (Wildman–Crippen MR) is 68.0 cm³/mol. The van der Waals surface area contributed by atoms with Gasteiger partial charge in [0.05, 0.1) is 0 Å². The molecule has 3 rings (SSSR count). The third kappa shape index (κ3) is 2.28. The molecule has 1 aromatic rings. The minimum atomic E-state index is -0.493. The summed E-state index contributed by atoms with van der Waals surface area (Å²) in [5.41, 5.74) is 6.26. The fourth-order valence-electron chi connectivity index (χ4n) is 2.77. The van der Waals surface area contributed by atoms with Crippen LogP contribution in [0.4, 0.5) is 4.79 Å². The van der Waals surface area contributed by atoms with E-state index in [4.69, 9.17) is 10.5 Å². The predicted octanol–water partition coefficient (Wildman–Crippen LogP) is 1.27. The second kappa shape index (κ2) is 4.57. The molecule has 0 unspecified atom stereocenters. The molecule has 1 aromatic carbocycles. The molecule has 2 fully saturated rings. The van der Waals surface area contributed by atoms with Crippen LogP contribution in [0.1, 0.15) is 18.4 Å². The van der Waals surface area contributed by atoms with Crippen LogP contribution in [0, 0.1) is 5.92 Å². The fraction of sp³-hybridized carbons (Fsp3) is 0.429. The standard InChI is InChI=1S/C14H16N2O3/c15-13(17)12-7-10-6-11(10)16(12)14(18)19-8-9-4-2-1-3-5-9/h1-5,10-12H,6-8H2,(H2,15,17)/t10-,11-,12+/m0/s1. The fourth-order valence-corrected chi connectivity index (χ4v) is 2.77. The minimum absolute atomic E-state index is 0.153. The van der Waals surface area contributed by atoms with Crippen LogP contribution in [0.5, 0.6) is 0 Å². The van der Waals surface area contributed by atoms with Gasteiger partial charge >= 0.3 is 6.09 Å². The number of rotatable bonds is 3. The molecule has 2 N–H and O–H groups in total. The smallest absolute Gasteiger partial charge is 0.411 e. The van der Waals surface area contributed by atoms with E-state index in [1.54, 1.807) is 0 Å². The highest BCUT2D eigenvalue weighted by Gasteiger charge is 2.56. The summed E-state index contributed by atoms with van der Waals surface area (Å²) in [5, 5.41) is 0. The Morgan fingerprint density at radius 2 is 2.00 bits per heavy atom. The number of piperidine rings is 1. The van der Waals surface area contributed by atoms with Crippen LogP contribution in [0.25, 0.3) is 0 Å². The number of hydrogen-bond donors (Lipinski definition) is 1. The first-order chi connectivity index (χ1) is 9.16. The highest BCUT2D eigenvalue weighted by atomic mass is 16.6. The minimum Gasteiger partial charge on any atom is -0.445 e. The highest BCUT2D eigenvalue weighted by molar-refractivity contribution is 5.85. The molecule has 1 aliphatic heterocycles. The lowest BCUT2D eigenvalue weighted by atomic mass is 10.1. The van der Waals surface area contributed by atoms with Crippen LogP contribution in [-0.2, 0) is 16.1 Å². The third-order valence-corrected chi connectivity index (χ3v) is 3.85. The van der Waals surface area contributed by atoms with Gasteiger partial charge in [0.15, 0.2) is 0 Å². The van der Waals surface area contributed by atoms with Gasteiger partial charge in [0.25, 0.3) is 0 Å². The van der Waals surface area contributed by atoms with E-state index < -0.39 is 18.0 Å². The van der Waals surface area contributed by atoms with Crippen LogP contribution >= 0.6 is 0 Å². The zero-order valence-corrected chi connectivity index (χ0v) is 10.5. The molecule has 100 valence electrons. The first-order valence-corrected chi connectivity index (χ1v) is 6.45. The van der Waals surface area contributed by atoms with Crippen molar-refractivity contribution in [2.24, 2.45) is 11.7 Å². The monoisotopic (exact) mass is 260 g/mol.